The molecule has 3 rings (SSSR count). The molecule has 3 aromatic carbocycles. The summed E-state index contributed by atoms with van der Waals surface area (Å²) in [6.45, 7) is 0.867. The highest BCUT2D eigenvalue weighted by molar-refractivity contribution is 5.73. The van der Waals surface area contributed by atoms with E-state index in [4.69, 9.17) is 9.47 Å². The van der Waals surface area contributed by atoms with E-state index in [1.807, 2.05) is 78.9 Å². The minimum Gasteiger partial charge on any atom is -0.493 e. The highest BCUT2D eigenvalue weighted by atomic mass is 16.5. The molecular weight excluding hydrogens is 366 g/mol. The Morgan fingerprint density at radius 1 is 0.897 bits per heavy atom. The summed E-state index contributed by atoms with van der Waals surface area (Å²) in [6, 6.07) is 24.5. The lowest BCUT2D eigenvalue weighted by Gasteiger charge is -2.16. The molecule has 0 fully saturated rings. The second-order valence-corrected chi connectivity index (χ2v) is 6.72. The van der Waals surface area contributed by atoms with E-state index in [0.29, 0.717) is 31.1 Å². The Morgan fingerprint density at radius 3 is 2.17 bits per heavy atom. The molecule has 1 atom stereocenters. The molecule has 29 heavy (non-hydrogen) atoms. The summed E-state index contributed by atoms with van der Waals surface area (Å²) in [4.78, 5) is 11.6. The number of ether oxygens (including phenoxy) is 2. The Balaban J connectivity index is 1.62. The molecule has 150 valence electrons. The summed E-state index contributed by atoms with van der Waals surface area (Å²) in [6.07, 6.45) is 0.422. The first-order valence-electron chi connectivity index (χ1n) is 9.49. The van der Waals surface area contributed by atoms with Gasteiger partial charge in [-0.15, -0.1) is 0 Å². The van der Waals surface area contributed by atoms with Crippen molar-refractivity contribution in [2.45, 2.75) is 25.6 Å². The largest absolute Gasteiger partial charge is 0.493 e. The van der Waals surface area contributed by atoms with Crippen molar-refractivity contribution in [3.63, 3.8) is 0 Å². The van der Waals surface area contributed by atoms with E-state index < -0.39 is 12.0 Å². The van der Waals surface area contributed by atoms with Gasteiger partial charge in [0.1, 0.15) is 12.6 Å². The van der Waals surface area contributed by atoms with Gasteiger partial charge < -0.3 is 19.9 Å². The molecule has 0 aromatic heterocycles. The van der Waals surface area contributed by atoms with E-state index in [0.717, 1.165) is 16.7 Å². The molecule has 0 heterocycles. The molecule has 0 amide bonds. The van der Waals surface area contributed by atoms with Crippen LogP contribution in [0.1, 0.15) is 16.7 Å². The molecular formula is C24H25NO4. The van der Waals surface area contributed by atoms with E-state index in [2.05, 4.69) is 5.32 Å². The molecule has 0 unspecified atom stereocenters. The minimum absolute atomic E-state index is 0.416. The molecule has 2 N–H and O–H groups in total. The molecule has 0 aliphatic heterocycles. The van der Waals surface area contributed by atoms with Crippen LogP contribution in [0.4, 0.5) is 0 Å². The van der Waals surface area contributed by atoms with Crippen LogP contribution < -0.4 is 14.8 Å². The smallest absolute Gasteiger partial charge is 0.321 e. The number of carboxylic acid groups (broad SMARTS) is 1. The van der Waals surface area contributed by atoms with E-state index >= 15 is 0 Å². The number of aliphatic carboxylic acids is 1. The van der Waals surface area contributed by atoms with Crippen LogP contribution in [0.15, 0.2) is 78.9 Å². The van der Waals surface area contributed by atoms with Crippen molar-refractivity contribution in [1.29, 1.82) is 0 Å². The molecule has 0 spiro atoms. The Morgan fingerprint density at radius 2 is 1.55 bits per heavy atom. The van der Waals surface area contributed by atoms with Crippen LogP contribution in [0.2, 0.25) is 0 Å². The first-order valence-corrected chi connectivity index (χ1v) is 9.49. The Labute approximate surface area is 170 Å². The van der Waals surface area contributed by atoms with Gasteiger partial charge in [-0.05, 0) is 35.2 Å². The topological polar surface area (TPSA) is 67.8 Å². The number of carbonyl (C=O) groups is 1. The van der Waals surface area contributed by atoms with Crippen molar-refractivity contribution < 1.29 is 19.4 Å². The van der Waals surface area contributed by atoms with Gasteiger partial charge in [-0.2, -0.15) is 0 Å². The van der Waals surface area contributed by atoms with Crippen molar-refractivity contribution in [2.24, 2.45) is 0 Å². The third-order valence-electron chi connectivity index (χ3n) is 4.60. The van der Waals surface area contributed by atoms with E-state index in [9.17, 15) is 9.90 Å². The van der Waals surface area contributed by atoms with E-state index in [1.165, 1.54) is 0 Å². The Hall–Kier alpha value is -3.31. The van der Waals surface area contributed by atoms with E-state index in [1.54, 1.807) is 7.11 Å². The van der Waals surface area contributed by atoms with Crippen molar-refractivity contribution in [3.8, 4) is 11.5 Å². The number of benzene rings is 3. The van der Waals surface area contributed by atoms with Crippen molar-refractivity contribution in [2.75, 3.05) is 7.11 Å². The molecule has 0 radical (unpaired) electrons. The van der Waals surface area contributed by atoms with Gasteiger partial charge in [0.05, 0.1) is 7.11 Å². The third-order valence-corrected chi connectivity index (χ3v) is 4.60. The number of hydrogen-bond acceptors (Lipinski definition) is 4. The number of carboxylic acids is 1. The summed E-state index contributed by atoms with van der Waals surface area (Å²) in [5, 5.41) is 12.6. The first kappa shape index (κ1) is 20.4. The average Bonchev–Trinajstić information content (AvgIpc) is 2.76. The van der Waals surface area contributed by atoms with Gasteiger partial charge >= 0.3 is 5.97 Å². The molecule has 0 bridgehead atoms. The van der Waals surface area contributed by atoms with Gasteiger partial charge in [0, 0.05) is 6.54 Å². The zero-order valence-corrected chi connectivity index (χ0v) is 16.4. The predicted molar refractivity (Wildman–Crippen MR) is 112 cm³/mol. The lowest BCUT2D eigenvalue weighted by atomic mass is 10.1. The van der Waals surface area contributed by atoms with Crippen molar-refractivity contribution >= 4 is 5.97 Å². The SMILES string of the molecule is COc1cc(CN[C@H](Cc2ccccc2)C(=O)O)ccc1OCc1ccccc1. The van der Waals surface area contributed by atoms with Crippen molar-refractivity contribution in [1.82, 2.24) is 5.32 Å². The molecule has 0 aliphatic rings. The molecule has 5 nitrogen and oxygen atoms in total. The van der Waals surface area contributed by atoms with Crippen LogP contribution in [0.5, 0.6) is 11.5 Å². The van der Waals surface area contributed by atoms with Crippen LogP contribution in [-0.2, 0) is 24.4 Å². The van der Waals surface area contributed by atoms with Gasteiger partial charge in [-0.1, -0.05) is 66.7 Å². The zero-order chi connectivity index (χ0) is 20.5. The summed E-state index contributed by atoms with van der Waals surface area (Å²) in [5.41, 5.74) is 2.98. The fourth-order valence-corrected chi connectivity index (χ4v) is 3.01. The normalized spacial score (nSPS) is 11.6. The van der Waals surface area contributed by atoms with Crippen molar-refractivity contribution in [3.05, 3.63) is 95.6 Å². The number of hydrogen-bond donors (Lipinski definition) is 2. The number of rotatable bonds is 10. The quantitative estimate of drug-likeness (QED) is 0.546. The van der Waals surface area contributed by atoms with Gasteiger partial charge in [0.25, 0.3) is 0 Å². The zero-order valence-electron chi connectivity index (χ0n) is 16.4. The van der Waals surface area contributed by atoms with E-state index in [-0.39, 0.29) is 0 Å². The summed E-state index contributed by atoms with van der Waals surface area (Å²) in [7, 11) is 1.59. The van der Waals surface area contributed by atoms with Crippen LogP contribution in [0.25, 0.3) is 0 Å². The maximum atomic E-state index is 11.6. The molecule has 0 aliphatic carbocycles. The summed E-state index contributed by atoms with van der Waals surface area (Å²) in [5.74, 6) is 0.401. The highest BCUT2D eigenvalue weighted by Crippen LogP contribution is 2.29. The second-order valence-electron chi connectivity index (χ2n) is 6.72. The van der Waals surface area contributed by atoms with Crippen LogP contribution >= 0.6 is 0 Å². The third kappa shape index (κ3) is 6.09. The monoisotopic (exact) mass is 391 g/mol. The standard InChI is InChI=1S/C24H25NO4/c1-28-23-15-20(12-13-22(23)29-17-19-10-6-3-7-11-19)16-25-21(24(26)27)14-18-8-4-2-5-9-18/h2-13,15,21,25H,14,16-17H2,1H3,(H,26,27)/t21-/m1/s1. The lowest BCUT2D eigenvalue weighted by molar-refractivity contribution is -0.139. The fourth-order valence-electron chi connectivity index (χ4n) is 3.01. The van der Waals surface area contributed by atoms with Gasteiger partial charge in [-0.25, -0.2) is 0 Å². The molecule has 5 heteroatoms. The second kappa shape index (κ2) is 10.3. The maximum Gasteiger partial charge on any atom is 0.321 e. The van der Waals surface area contributed by atoms with Crippen LogP contribution in [-0.4, -0.2) is 24.2 Å². The molecule has 0 saturated heterocycles. The maximum absolute atomic E-state index is 11.6. The number of methoxy groups -OCH3 is 1. The lowest BCUT2D eigenvalue weighted by Crippen LogP contribution is -2.38. The highest BCUT2D eigenvalue weighted by Gasteiger charge is 2.17. The minimum atomic E-state index is -0.872. The summed E-state index contributed by atoms with van der Waals surface area (Å²) < 4.78 is 11.3. The summed E-state index contributed by atoms with van der Waals surface area (Å²) >= 11 is 0. The first-order chi connectivity index (χ1) is 14.2. The Bertz CT molecular complexity index is 913. The number of nitrogens with one attached hydrogen (secondary N) is 1. The average molecular weight is 391 g/mol. The van der Waals surface area contributed by atoms with Gasteiger partial charge in [-0.3, -0.25) is 4.79 Å². The Kier molecular flexibility index (Phi) is 7.25. The van der Waals surface area contributed by atoms with Gasteiger partial charge in [0.2, 0.25) is 0 Å². The predicted octanol–water partition coefficient (Wildman–Crippen LogP) is 4.06. The van der Waals surface area contributed by atoms with Crippen LogP contribution in [0, 0.1) is 0 Å². The fraction of sp³-hybridized carbons (Fsp3) is 0.208. The molecule has 0 saturated carbocycles. The van der Waals surface area contributed by atoms with Crippen LogP contribution in [0.3, 0.4) is 0 Å². The molecule has 3 aromatic rings. The van der Waals surface area contributed by atoms with Gasteiger partial charge in [0.15, 0.2) is 11.5 Å².